The van der Waals surface area contributed by atoms with Crippen LogP contribution in [0.4, 0.5) is 0 Å². The third kappa shape index (κ3) is 25.0. The van der Waals surface area contributed by atoms with Crippen LogP contribution in [-0.2, 0) is 9.59 Å². The summed E-state index contributed by atoms with van der Waals surface area (Å²) < 4.78 is 0. The lowest BCUT2D eigenvalue weighted by atomic mass is 9.87. The Labute approximate surface area is 230 Å². The highest BCUT2D eigenvalue weighted by molar-refractivity contribution is 5.73. The molecule has 0 rings (SSSR count). The van der Waals surface area contributed by atoms with Crippen molar-refractivity contribution in [2.45, 2.75) is 187 Å². The average molecular weight is 525 g/mol. The second kappa shape index (κ2) is 28.0. The molecule has 0 fully saturated rings. The molecule has 0 heterocycles. The standard InChI is InChI=1S/C33H64O4/c1-3-5-7-9-11-13-14-15-16-17-18-19-20-22-24-26-28-31(33(36)37)29-30(32(34)35)27-25-23-21-12-10-8-6-4-2/h30-31H,3-29H2,1-2H3,(H,34,35)(H,36,37). The zero-order valence-electron chi connectivity index (χ0n) is 25.0. The first-order valence-corrected chi connectivity index (χ1v) is 16.5. The molecule has 0 aliphatic rings. The van der Waals surface area contributed by atoms with Gasteiger partial charge in [0, 0.05) is 0 Å². The van der Waals surface area contributed by atoms with Gasteiger partial charge in [0.2, 0.25) is 0 Å². The van der Waals surface area contributed by atoms with Gasteiger partial charge in [-0.15, -0.1) is 0 Å². The number of rotatable bonds is 30. The highest BCUT2D eigenvalue weighted by Crippen LogP contribution is 2.25. The molecule has 0 saturated carbocycles. The first-order valence-electron chi connectivity index (χ1n) is 16.5. The second-order valence-electron chi connectivity index (χ2n) is 11.7. The van der Waals surface area contributed by atoms with Crippen molar-refractivity contribution in [1.82, 2.24) is 0 Å². The first kappa shape index (κ1) is 35.9. The smallest absolute Gasteiger partial charge is 0.306 e. The predicted molar refractivity (Wildman–Crippen MR) is 158 cm³/mol. The number of aliphatic carboxylic acids is 2. The van der Waals surface area contributed by atoms with Gasteiger partial charge in [-0.05, 0) is 19.3 Å². The van der Waals surface area contributed by atoms with Crippen molar-refractivity contribution < 1.29 is 19.8 Å². The summed E-state index contributed by atoms with van der Waals surface area (Å²) in [7, 11) is 0. The number of carbonyl (C=O) groups is 2. The van der Waals surface area contributed by atoms with Crippen LogP contribution in [0.1, 0.15) is 187 Å². The van der Waals surface area contributed by atoms with Gasteiger partial charge in [0.15, 0.2) is 0 Å². The van der Waals surface area contributed by atoms with Gasteiger partial charge in [0.1, 0.15) is 0 Å². The number of unbranched alkanes of at least 4 members (excludes halogenated alkanes) is 22. The fourth-order valence-corrected chi connectivity index (χ4v) is 5.49. The van der Waals surface area contributed by atoms with E-state index in [1.54, 1.807) is 0 Å². The van der Waals surface area contributed by atoms with Crippen LogP contribution in [0.25, 0.3) is 0 Å². The maximum atomic E-state index is 11.8. The van der Waals surface area contributed by atoms with Gasteiger partial charge >= 0.3 is 11.9 Å². The lowest BCUT2D eigenvalue weighted by Crippen LogP contribution is -2.23. The van der Waals surface area contributed by atoms with E-state index >= 15 is 0 Å². The molecule has 2 N–H and O–H groups in total. The summed E-state index contributed by atoms with van der Waals surface area (Å²) in [6.45, 7) is 4.49. The van der Waals surface area contributed by atoms with Gasteiger partial charge in [-0.2, -0.15) is 0 Å². The summed E-state index contributed by atoms with van der Waals surface area (Å²) in [6, 6.07) is 0. The number of carboxylic acids is 2. The highest BCUT2D eigenvalue weighted by atomic mass is 16.4. The molecular formula is C33H64O4. The van der Waals surface area contributed by atoms with Crippen LogP contribution in [0, 0.1) is 11.8 Å². The minimum absolute atomic E-state index is 0.292. The summed E-state index contributed by atoms with van der Waals surface area (Å²) in [5.41, 5.74) is 0. The molecule has 0 radical (unpaired) electrons. The monoisotopic (exact) mass is 524 g/mol. The second-order valence-corrected chi connectivity index (χ2v) is 11.7. The molecule has 0 saturated heterocycles. The van der Waals surface area contributed by atoms with E-state index < -0.39 is 23.8 Å². The van der Waals surface area contributed by atoms with Crippen molar-refractivity contribution >= 4 is 11.9 Å². The van der Waals surface area contributed by atoms with Gasteiger partial charge in [-0.1, -0.05) is 168 Å². The van der Waals surface area contributed by atoms with Crippen LogP contribution in [-0.4, -0.2) is 22.2 Å². The van der Waals surface area contributed by atoms with E-state index in [1.165, 1.54) is 122 Å². The molecule has 4 heteroatoms. The van der Waals surface area contributed by atoms with Crippen LogP contribution < -0.4 is 0 Å². The largest absolute Gasteiger partial charge is 0.481 e. The normalized spacial score (nSPS) is 13.0. The van der Waals surface area contributed by atoms with E-state index in [0.29, 0.717) is 19.3 Å². The lowest BCUT2D eigenvalue weighted by molar-refractivity contribution is -0.146. The van der Waals surface area contributed by atoms with Crippen molar-refractivity contribution in [3.63, 3.8) is 0 Å². The summed E-state index contributed by atoms with van der Waals surface area (Å²) in [5.74, 6) is -2.66. The number of hydrogen-bond donors (Lipinski definition) is 2. The molecule has 2 atom stereocenters. The van der Waals surface area contributed by atoms with Gasteiger partial charge in [-0.25, -0.2) is 0 Å². The molecule has 0 aliphatic heterocycles. The molecule has 2 unspecified atom stereocenters. The molecule has 0 amide bonds. The van der Waals surface area contributed by atoms with Crippen LogP contribution in [0.2, 0.25) is 0 Å². The van der Waals surface area contributed by atoms with Gasteiger partial charge in [0.25, 0.3) is 0 Å². The molecule has 0 bridgehead atoms. The summed E-state index contributed by atoms with van der Waals surface area (Å²) in [4.78, 5) is 23.5. The fourth-order valence-electron chi connectivity index (χ4n) is 5.49. The van der Waals surface area contributed by atoms with Crippen molar-refractivity contribution in [1.29, 1.82) is 0 Å². The topological polar surface area (TPSA) is 74.6 Å². The number of hydrogen-bond acceptors (Lipinski definition) is 2. The Bertz CT molecular complexity index is 505. The predicted octanol–water partition coefficient (Wildman–Crippen LogP) is 11.0. The summed E-state index contributed by atoms with van der Waals surface area (Å²) in [5, 5.41) is 19.3. The SMILES string of the molecule is CCCCCCCCCCCCCCCCCCC(CC(CCCCCCCCCC)C(=O)O)C(=O)O. The Morgan fingerprint density at radius 3 is 0.838 bits per heavy atom. The van der Waals surface area contributed by atoms with Crippen molar-refractivity contribution in [2.24, 2.45) is 11.8 Å². The van der Waals surface area contributed by atoms with Gasteiger partial charge < -0.3 is 10.2 Å². The summed E-state index contributed by atoms with van der Waals surface area (Å²) in [6.07, 6.45) is 31.9. The van der Waals surface area contributed by atoms with Gasteiger partial charge in [0.05, 0.1) is 11.8 Å². The Balaban J connectivity index is 3.77. The molecule has 0 aliphatic carbocycles. The molecule has 0 spiro atoms. The van der Waals surface area contributed by atoms with Crippen LogP contribution in [0.15, 0.2) is 0 Å². The van der Waals surface area contributed by atoms with Crippen LogP contribution in [0.3, 0.4) is 0 Å². The third-order valence-electron chi connectivity index (χ3n) is 8.08. The highest BCUT2D eigenvalue weighted by Gasteiger charge is 2.26. The minimum Gasteiger partial charge on any atom is -0.481 e. The average Bonchev–Trinajstić information content (AvgIpc) is 2.87. The lowest BCUT2D eigenvalue weighted by Gasteiger charge is -2.18. The van der Waals surface area contributed by atoms with E-state index in [-0.39, 0.29) is 0 Å². The molecule has 0 aromatic heterocycles. The molecule has 220 valence electrons. The van der Waals surface area contributed by atoms with E-state index in [4.69, 9.17) is 0 Å². The van der Waals surface area contributed by atoms with Crippen molar-refractivity contribution in [2.75, 3.05) is 0 Å². The van der Waals surface area contributed by atoms with E-state index in [9.17, 15) is 19.8 Å². The number of carboxylic acid groups (broad SMARTS) is 2. The zero-order valence-corrected chi connectivity index (χ0v) is 25.0. The van der Waals surface area contributed by atoms with Crippen LogP contribution >= 0.6 is 0 Å². The van der Waals surface area contributed by atoms with Crippen molar-refractivity contribution in [3.8, 4) is 0 Å². The maximum absolute atomic E-state index is 11.8. The minimum atomic E-state index is -0.818. The fraction of sp³-hybridized carbons (Fsp3) is 0.939. The third-order valence-corrected chi connectivity index (χ3v) is 8.08. The zero-order chi connectivity index (χ0) is 27.4. The first-order chi connectivity index (χ1) is 18.0. The van der Waals surface area contributed by atoms with E-state index in [1.807, 2.05) is 0 Å². The summed E-state index contributed by atoms with van der Waals surface area (Å²) >= 11 is 0. The van der Waals surface area contributed by atoms with Crippen LogP contribution in [0.5, 0.6) is 0 Å². The molecule has 37 heavy (non-hydrogen) atoms. The van der Waals surface area contributed by atoms with Crippen molar-refractivity contribution in [3.05, 3.63) is 0 Å². The Morgan fingerprint density at radius 2 is 0.622 bits per heavy atom. The maximum Gasteiger partial charge on any atom is 0.306 e. The Morgan fingerprint density at radius 1 is 0.405 bits per heavy atom. The van der Waals surface area contributed by atoms with E-state index in [0.717, 1.165) is 32.1 Å². The molecular weight excluding hydrogens is 460 g/mol. The Kier molecular flexibility index (Phi) is 27.2. The molecule has 0 aromatic rings. The molecule has 4 nitrogen and oxygen atoms in total. The van der Waals surface area contributed by atoms with Gasteiger partial charge in [-0.3, -0.25) is 9.59 Å². The van der Waals surface area contributed by atoms with E-state index in [2.05, 4.69) is 13.8 Å². The molecule has 0 aromatic carbocycles. The Hall–Kier alpha value is -1.06. The quantitative estimate of drug-likeness (QED) is 0.0916.